The number of benzene rings is 1. The lowest BCUT2D eigenvalue weighted by Gasteiger charge is -2.03. The van der Waals surface area contributed by atoms with Crippen LogP contribution in [0, 0.1) is 0 Å². The number of fused-ring (bicyclic) bond motifs is 1. The highest BCUT2D eigenvalue weighted by Gasteiger charge is 2.08. The Labute approximate surface area is 97.8 Å². The number of hydrogen-bond donors (Lipinski definition) is 0. The van der Waals surface area contributed by atoms with Crippen LogP contribution in [0.1, 0.15) is 6.92 Å². The van der Waals surface area contributed by atoms with Crippen molar-refractivity contribution in [2.45, 2.75) is 13.5 Å². The summed E-state index contributed by atoms with van der Waals surface area (Å²) in [5.74, 6) is -0.289. The van der Waals surface area contributed by atoms with E-state index in [1.807, 2.05) is 12.1 Å². The summed E-state index contributed by atoms with van der Waals surface area (Å²) in [6.45, 7) is 2.28. The lowest BCUT2D eigenvalue weighted by Crippen LogP contribution is -2.14. The molecule has 16 heavy (non-hydrogen) atoms. The third kappa shape index (κ3) is 2.17. The molecule has 0 unspecified atom stereocenters. The number of hydrogen-bond acceptors (Lipinski definition) is 3. The normalized spacial score (nSPS) is 10.6. The molecule has 0 radical (unpaired) electrons. The number of ether oxygens (including phenoxy) is 1. The molecule has 0 aliphatic rings. The molecule has 1 heterocycles. The zero-order chi connectivity index (χ0) is 11.5. The molecular formula is C11H11ClN2O2. The summed E-state index contributed by atoms with van der Waals surface area (Å²) in [6.07, 6.45) is 1.68. The lowest BCUT2D eigenvalue weighted by atomic mass is 10.2. The van der Waals surface area contributed by atoms with Gasteiger partial charge in [0, 0.05) is 10.4 Å². The Morgan fingerprint density at radius 2 is 2.38 bits per heavy atom. The van der Waals surface area contributed by atoms with Crippen molar-refractivity contribution in [1.82, 2.24) is 9.78 Å². The Kier molecular flexibility index (Phi) is 3.10. The molecule has 1 aromatic carbocycles. The fourth-order valence-electron chi connectivity index (χ4n) is 1.51. The molecule has 1 aromatic heterocycles. The van der Waals surface area contributed by atoms with Gasteiger partial charge in [-0.15, -0.1) is 0 Å². The summed E-state index contributed by atoms with van der Waals surface area (Å²) in [5.41, 5.74) is 0.873. The Hall–Kier alpha value is -1.55. The minimum Gasteiger partial charge on any atom is -0.465 e. The molecule has 0 amide bonds. The molecule has 2 rings (SSSR count). The average Bonchev–Trinajstić information content (AvgIpc) is 2.61. The number of carbonyl (C=O) groups is 1. The first-order valence-electron chi connectivity index (χ1n) is 4.97. The van der Waals surface area contributed by atoms with Crippen LogP contribution in [0.2, 0.25) is 5.02 Å². The maximum atomic E-state index is 11.3. The van der Waals surface area contributed by atoms with E-state index < -0.39 is 0 Å². The molecule has 0 atom stereocenters. The number of aromatic nitrogens is 2. The van der Waals surface area contributed by atoms with Crippen molar-refractivity contribution in [2.75, 3.05) is 6.61 Å². The molecule has 0 saturated heterocycles. The molecule has 2 aromatic rings. The van der Waals surface area contributed by atoms with Crippen LogP contribution >= 0.6 is 11.6 Å². The smallest absolute Gasteiger partial charge is 0.327 e. The highest BCUT2D eigenvalue weighted by Crippen LogP contribution is 2.18. The summed E-state index contributed by atoms with van der Waals surface area (Å²) in [6, 6.07) is 5.42. The maximum Gasteiger partial charge on any atom is 0.327 e. The van der Waals surface area contributed by atoms with Gasteiger partial charge in [-0.2, -0.15) is 5.10 Å². The molecule has 0 fully saturated rings. The quantitative estimate of drug-likeness (QED) is 0.771. The van der Waals surface area contributed by atoms with E-state index in [2.05, 4.69) is 5.10 Å². The van der Waals surface area contributed by atoms with Gasteiger partial charge in [0.15, 0.2) is 0 Å². The first-order valence-corrected chi connectivity index (χ1v) is 5.35. The Bertz CT molecular complexity index is 522. The van der Waals surface area contributed by atoms with Crippen LogP contribution in [0.15, 0.2) is 24.4 Å². The van der Waals surface area contributed by atoms with Crippen molar-refractivity contribution >= 4 is 28.5 Å². The molecular weight excluding hydrogens is 228 g/mol. The Morgan fingerprint density at radius 3 is 3.12 bits per heavy atom. The van der Waals surface area contributed by atoms with Crippen LogP contribution in [0.25, 0.3) is 10.9 Å². The molecule has 0 bridgehead atoms. The van der Waals surface area contributed by atoms with Crippen LogP contribution in [-0.4, -0.2) is 22.4 Å². The Balaban J connectivity index is 2.28. The SMILES string of the molecule is CCOC(=O)Cn1ncc2cc(Cl)ccc21. The predicted molar refractivity (Wildman–Crippen MR) is 61.4 cm³/mol. The first-order chi connectivity index (χ1) is 7.70. The monoisotopic (exact) mass is 238 g/mol. The summed E-state index contributed by atoms with van der Waals surface area (Å²) in [4.78, 5) is 11.3. The van der Waals surface area contributed by atoms with Crippen molar-refractivity contribution in [3.05, 3.63) is 29.4 Å². The van der Waals surface area contributed by atoms with E-state index in [-0.39, 0.29) is 12.5 Å². The molecule has 0 spiro atoms. The van der Waals surface area contributed by atoms with Crippen LogP contribution in [0.4, 0.5) is 0 Å². The van der Waals surface area contributed by atoms with Gasteiger partial charge in [0.05, 0.1) is 18.3 Å². The van der Waals surface area contributed by atoms with Gasteiger partial charge in [0.2, 0.25) is 0 Å². The van der Waals surface area contributed by atoms with Crippen molar-refractivity contribution < 1.29 is 9.53 Å². The van der Waals surface area contributed by atoms with E-state index in [9.17, 15) is 4.79 Å². The second-order valence-corrected chi connectivity index (χ2v) is 3.75. The Morgan fingerprint density at radius 1 is 1.56 bits per heavy atom. The fraction of sp³-hybridized carbons (Fsp3) is 0.273. The third-order valence-electron chi connectivity index (χ3n) is 2.19. The molecule has 4 nitrogen and oxygen atoms in total. The lowest BCUT2D eigenvalue weighted by molar-refractivity contribution is -0.143. The van der Waals surface area contributed by atoms with Gasteiger partial charge in [-0.1, -0.05) is 11.6 Å². The van der Waals surface area contributed by atoms with Gasteiger partial charge in [-0.3, -0.25) is 9.48 Å². The molecule has 5 heteroatoms. The van der Waals surface area contributed by atoms with Gasteiger partial charge in [0.1, 0.15) is 6.54 Å². The zero-order valence-electron chi connectivity index (χ0n) is 8.81. The van der Waals surface area contributed by atoms with E-state index in [0.717, 1.165) is 10.9 Å². The number of halogens is 1. The van der Waals surface area contributed by atoms with Gasteiger partial charge in [-0.25, -0.2) is 0 Å². The highest BCUT2D eigenvalue weighted by atomic mass is 35.5. The minimum absolute atomic E-state index is 0.124. The summed E-state index contributed by atoms with van der Waals surface area (Å²) < 4.78 is 6.46. The molecule has 84 valence electrons. The van der Waals surface area contributed by atoms with Crippen LogP contribution in [0.3, 0.4) is 0 Å². The summed E-state index contributed by atoms with van der Waals surface area (Å²) in [7, 11) is 0. The van der Waals surface area contributed by atoms with Crippen LogP contribution in [0.5, 0.6) is 0 Å². The predicted octanol–water partition coefficient (Wildman–Crippen LogP) is 2.25. The fourth-order valence-corrected chi connectivity index (χ4v) is 1.69. The van der Waals surface area contributed by atoms with Crippen molar-refractivity contribution in [3.63, 3.8) is 0 Å². The molecule has 0 N–H and O–H groups in total. The van der Waals surface area contributed by atoms with E-state index in [4.69, 9.17) is 16.3 Å². The van der Waals surface area contributed by atoms with E-state index in [1.165, 1.54) is 0 Å². The highest BCUT2D eigenvalue weighted by molar-refractivity contribution is 6.31. The third-order valence-corrected chi connectivity index (χ3v) is 2.42. The topological polar surface area (TPSA) is 44.1 Å². The molecule has 0 aliphatic carbocycles. The number of esters is 1. The second kappa shape index (κ2) is 4.53. The van der Waals surface area contributed by atoms with Gasteiger partial charge in [0.25, 0.3) is 0 Å². The number of nitrogens with zero attached hydrogens (tertiary/aromatic N) is 2. The van der Waals surface area contributed by atoms with Gasteiger partial charge < -0.3 is 4.74 Å². The van der Waals surface area contributed by atoms with Crippen molar-refractivity contribution in [1.29, 1.82) is 0 Å². The second-order valence-electron chi connectivity index (χ2n) is 3.31. The van der Waals surface area contributed by atoms with Crippen LogP contribution < -0.4 is 0 Å². The average molecular weight is 239 g/mol. The van der Waals surface area contributed by atoms with E-state index in [1.54, 1.807) is 23.9 Å². The molecule has 0 saturated carbocycles. The van der Waals surface area contributed by atoms with Crippen molar-refractivity contribution in [3.8, 4) is 0 Å². The zero-order valence-corrected chi connectivity index (χ0v) is 9.57. The minimum atomic E-state index is -0.289. The van der Waals surface area contributed by atoms with E-state index in [0.29, 0.717) is 11.6 Å². The van der Waals surface area contributed by atoms with E-state index >= 15 is 0 Å². The summed E-state index contributed by atoms with van der Waals surface area (Å²) >= 11 is 5.85. The first kappa shape index (κ1) is 11.0. The number of rotatable bonds is 3. The van der Waals surface area contributed by atoms with Crippen molar-refractivity contribution in [2.24, 2.45) is 0 Å². The number of carbonyl (C=O) groups excluding carboxylic acids is 1. The van der Waals surface area contributed by atoms with Crippen LogP contribution in [-0.2, 0) is 16.1 Å². The molecule has 0 aliphatic heterocycles. The standard InChI is InChI=1S/C11H11ClN2O2/c1-2-16-11(15)7-14-10-4-3-9(12)5-8(10)6-13-14/h3-6H,2,7H2,1H3. The van der Waals surface area contributed by atoms with Gasteiger partial charge in [-0.05, 0) is 25.1 Å². The van der Waals surface area contributed by atoms with Gasteiger partial charge >= 0.3 is 5.97 Å². The largest absolute Gasteiger partial charge is 0.465 e. The summed E-state index contributed by atoms with van der Waals surface area (Å²) in [5, 5.41) is 5.69. The maximum absolute atomic E-state index is 11.3.